The number of aliphatic hydroxyl groups is 1. The molecule has 0 radical (unpaired) electrons. The molecule has 88 valence electrons. The lowest BCUT2D eigenvalue weighted by atomic mass is 10.1. The molecule has 1 aromatic carbocycles. The predicted octanol–water partition coefficient (Wildman–Crippen LogP) is 1.71. The van der Waals surface area contributed by atoms with Crippen molar-refractivity contribution in [3.8, 4) is 5.88 Å². The SMILES string of the molecule is COc1cc(C(O)c2cccc(F)c2)ncn1. The number of hydrogen-bond donors (Lipinski definition) is 1. The van der Waals surface area contributed by atoms with Crippen molar-refractivity contribution in [3.05, 3.63) is 53.7 Å². The zero-order valence-electron chi connectivity index (χ0n) is 9.17. The zero-order valence-corrected chi connectivity index (χ0v) is 9.17. The van der Waals surface area contributed by atoms with E-state index in [1.54, 1.807) is 6.07 Å². The van der Waals surface area contributed by atoms with E-state index in [4.69, 9.17) is 4.74 Å². The zero-order chi connectivity index (χ0) is 12.3. The van der Waals surface area contributed by atoms with Crippen molar-refractivity contribution in [2.45, 2.75) is 6.10 Å². The van der Waals surface area contributed by atoms with E-state index in [1.165, 1.54) is 37.7 Å². The summed E-state index contributed by atoms with van der Waals surface area (Å²) in [5.74, 6) is -0.0481. The molecule has 0 aliphatic carbocycles. The van der Waals surface area contributed by atoms with E-state index in [2.05, 4.69) is 9.97 Å². The fourth-order valence-electron chi connectivity index (χ4n) is 1.46. The van der Waals surface area contributed by atoms with Gasteiger partial charge in [0.25, 0.3) is 0 Å². The van der Waals surface area contributed by atoms with Gasteiger partial charge in [0.15, 0.2) is 0 Å². The summed E-state index contributed by atoms with van der Waals surface area (Å²) in [4.78, 5) is 7.76. The van der Waals surface area contributed by atoms with Crippen LogP contribution in [0.1, 0.15) is 17.4 Å². The third-order valence-corrected chi connectivity index (χ3v) is 2.32. The van der Waals surface area contributed by atoms with Crippen molar-refractivity contribution in [2.75, 3.05) is 7.11 Å². The monoisotopic (exact) mass is 234 g/mol. The van der Waals surface area contributed by atoms with E-state index in [0.29, 0.717) is 17.1 Å². The summed E-state index contributed by atoms with van der Waals surface area (Å²) in [6, 6.07) is 7.25. The van der Waals surface area contributed by atoms with E-state index in [0.717, 1.165) is 0 Å². The quantitative estimate of drug-likeness (QED) is 0.878. The number of benzene rings is 1. The number of nitrogens with zero attached hydrogens (tertiary/aromatic N) is 2. The molecule has 5 heteroatoms. The smallest absolute Gasteiger partial charge is 0.216 e. The molecule has 17 heavy (non-hydrogen) atoms. The molecule has 1 unspecified atom stereocenters. The Labute approximate surface area is 97.7 Å². The van der Waals surface area contributed by atoms with Crippen molar-refractivity contribution in [1.82, 2.24) is 9.97 Å². The number of aromatic nitrogens is 2. The van der Waals surface area contributed by atoms with Crippen LogP contribution < -0.4 is 4.74 Å². The van der Waals surface area contributed by atoms with Gasteiger partial charge in [0, 0.05) is 6.07 Å². The Morgan fingerprint density at radius 1 is 1.29 bits per heavy atom. The van der Waals surface area contributed by atoms with E-state index in [9.17, 15) is 9.50 Å². The van der Waals surface area contributed by atoms with Gasteiger partial charge in [0.1, 0.15) is 18.2 Å². The molecule has 1 N–H and O–H groups in total. The number of hydrogen-bond acceptors (Lipinski definition) is 4. The molecule has 0 fully saturated rings. The Hall–Kier alpha value is -2.01. The summed E-state index contributed by atoms with van der Waals surface area (Å²) >= 11 is 0. The van der Waals surface area contributed by atoms with Crippen LogP contribution >= 0.6 is 0 Å². The van der Waals surface area contributed by atoms with E-state index in [1.807, 2.05) is 0 Å². The summed E-state index contributed by atoms with van der Waals surface area (Å²) in [5, 5.41) is 10.0. The Bertz CT molecular complexity index is 519. The lowest BCUT2D eigenvalue weighted by Gasteiger charge is -2.10. The summed E-state index contributed by atoms with van der Waals surface area (Å²) in [5.41, 5.74) is 0.799. The topological polar surface area (TPSA) is 55.2 Å². The first-order valence-corrected chi connectivity index (χ1v) is 5.00. The molecule has 0 spiro atoms. The van der Waals surface area contributed by atoms with Gasteiger partial charge in [0.2, 0.25) is 5.88 Å². The number of ether oxygens (including phenoxy) is 1. The molecular weight excluding hydrogens is 223 g/mol. The Kier molecular flexibility index (Phi) is 3.30. The Balaban J connectivity index is 2.33. The number of methoxy groups -OCH3 is 1. The highest BCUT2D eigenvalue weighted by molar-refractivity contribution is 5.27. The molecule has 1 heterocycles. The Morgan fingerprint density at radius 2 is 2.12 bits per heavy atom. The van der Waals surface area contributed by atoms with Gasteiger partial charge in [-0.05, 0) is 17.7 Å². The van der Waals surface area contributed by atoms with Crippen LogP contribution in [0.25, 0.3) is 0 Å². The average molecular weight is 234 g/mol. The minimum Gasteiger partial charge on any atom is -0.481 e. The van der Waals surface area contributed by atoms with Crippen LogP contribution in [0, 0.1) is 5.82 Å². The van der Waals surface area contributed by atoms with E-state index >= 15 is 0 Å². The molecule has 0 aliphatic rings. The maximum atomic E-state index is 13.0. The third-order valence-electron chi connectivity index (χ3n) is 2.32. The van der Waals surface area contributed by atoms with Crippen molar-refractivity contribution in [2.24, 2.45) is 0 Å². The summed E-state index contributed by atoms with van der Waals surface area (Å²) in [6.45, 7) is 0. The predicted molar refractivity (Wildman–Crippen MR) is 59.0 cm³/mol. The molecule has 1 atom stereocenters. The first kappa shape index (κ1) is 11.5. The Morgan fingerprint density at radius 3 is 2.82 bits per heavy atom. The largest absolute Gasteiger partial charge is 0.481 e. The van der Waals surface area contributed by atoms with Gasteiger partial charge < -0.3 is 9.84 Å². The lowest BCUT2D eigenvalue weighted by Crippen LogP contribution is -2.03. The van der Waals surface area contributed by atoms with Gasteiger partial charge in [-0.25, -0.2) is 14.4 Å². The van der Waals surface area contributed by atoms with Crippen LogP contribution in [0.3, 0.4) is 0 Å². The van der Waals surface area contributed by atoms with E-state index < -0.39 is 11.9 Å². The van der Waals surface area contributed by atoms with Gasteiger partial charge in [-0.3, -0.25) is 0 Å². The van der Waals surface area contributed by atoms with Crippen LogP contribution in [0.5, 0.6) is 5.88 Å². The second kappa shape index (κ2) is 4.88. The molecule has 0 amide bonds. The van der Waals surface area contributed by atoms with Gasteiger partial charge in [-0.1, -0.05) is 12.1 Å². The maximum Gasteiger partial charge on any atom is 0.216 e. The average Bonchev–Trinajstić information content (AvgIpc) is 2.38. The first-order chi connectivity index (χ1) is 8.20. The minimum atomic E-state index is -0.998. The van der Waals surface area contributed by atoms with Crippen LogP contribution in [-0.4, -0.2) is 22.2 Å². The highest BCUT2D eigenvalue weighted by atomic mass is 19.1. The standard InChI is InChI=1S/C12H11FN2O2/c1-17-11-6-10(14-7-15-11)12(16)8-3-2-4-9(13)5-8/h2-7,12,16H,1H3. The number of halogens is 1. The second-order valence-corrected chi connectivity index (χ2v) is 3.44. The fraction of sp³-hybridized carbons (Fsp3) is 0.167. The molecule has 4 nitrogen and oxygen atoms in total. The highest BCUT2D eigenvalue weighted by Crippen LogP contribution is 2.22. The van der Waals surface area contributed by atoms with Gasteiger partial charge in [0.05, 0.1) is 12.8 Å². The van der Waals surface area contributed by atoms with Crippen LogP contribution in [-0.2, 0) is 0 Å². The van der Waals surface area contributed by atoms with Crippen molar-refractivity contribution in [3.63, 3.8) is 0 Å². The maximum absolute atomic E-state index is 13.0. The molecule has 1 aromatic heterocycles. The first-order valence-electron chi connectivity index (χ1n) is 5.00. The number of aliphatic hydroxyl groups excluding tert-OH is 1. The molecule has 2 rings (SSSR count). The van der Waals surface area contributed by atoms with Crippen molar-refractivity contribution in [1.29, 1.82) is 0 Å². The highest BCUT2D eigenvalue weighted by Gasteiger charge is 2.13. The van der Waals surface area contributed by atoms with Crippen molar-refractivity contribution >= 4 is 0 Å². The second-order valence-electron chi connectivity index (χ2n) is 3.44. The van der Waals surface area contributed by atoms with Crippen LogP contribution in [0.15, 0.2) is 36.7 Å². The normalized spacial score (nSPS) is 12.2. The van der Waals surface area contributed by atoms with Crippen LogP contribution in [0.2, 0.25) is 0 Å². The third kappa shape index (κ3) is 2.57. The van der Waals surface area contributed by atoms with Gasteiger partial charge in [-0.2, -0.15) is 0 Å². The summed E-state index contributed by atoms with van der Waals surface area (Å²) < 4.78 is 17.9. The molecule has 0 saturated heterocycles. The van der Waals surface area contributed by atoms with Gasteiger partial charge in [-0.15, -0.1) is 0 Å². The summed E-state index contributed by atoms with van der Waals surface area (Å²) in [6.07, 6.45) is 0.291. The molecular formula is C12H11FN2O2. The molecule has 0 bridgehead atoms. The van der Waals surface area contributed by atoms with Crippen molar-refractivity contribution < 1.29 is 14.2 Å². The number of rotatable bonds is 3. The lowest BCUT2D eigenvalue weighted by molar-refractivity contribution is 0.213. The van der Waals surface area contributed by atoms with Crippen LogP contribution in [0.4, 0.5) is 4.39 Å². The molecule has 0 saturated carbocycles. The summed E-state index contributed by atoms with van der Waals surface area (Å²) in [7, 11) is 1.47. The molecule has 0 aliphatic heterocycles. The fourth-order valence-corrected chi connectivity index (χ4v) is 1.46. The van der Waals surface area contributed by atoms with E-state index in [-0.39, 0.29) is 0 Å². The minimum absolute atomic E-state index is 0.352. The molecule has 2 aromatic rings. The van der Waals surface area contributed by atoms with Gasteiger partial charge >= 0.3 is 0 Å².